The lowest BCUT2D eigenvalue weighted by atomic mass is 9.91. The Kier molecular flexibility index (Phi) is 6.17. The number of amides is 1. The number of hydrogen-bond acceptors (Lipinski definition) is 9. The summed E-state index contributed by atoms with van der Waals surface area (Å²) in [4.78, 5) is 24.9. The number of hydrogen-bond donors (Lipinski definition) is 1. The van der Waals surface area contributed by atoms with Crippen molar-refractivity contribution in [3.63, 3.8) is 0 Å². The van der Waals surface area contributed by atoms with Gasteiger partial charge in [-0.3, -0.25) is 14.8 Å². The SMILES string of the molecule is COc1ccc2ncc(F)c([C@H](O)CN3CC[C@H]4CN(c5ccc6c(c5)OCCO6)C(=O)O[C@@H]4C3)c2n1. The summed E-state index contributed by atoms with van der Waals surface area (Å²) in [6.07, 6.45) is -0.0364. The summed E-state index contributed by atoms with van der Waals surface area (Å²) in [5.74, 6) is 1.09. The van der Waals surface area contributed by atoms with Crippen LogP contribution in [0.1, 0.15) is 18.1 Å². The molecular weight excluding hydrogens is 483 g/mol. The molecule has 2 aromatic heterocycles. The van der Waals surface area contributed by atoms with Crippen molar-refractivity contribution in [2.24, 2.45) is 5.92 Å². The van der Waals surface area contributed by atoms with Gasteiger partial charge >= 0.3 is 6.09 Å². The molecule has 0 bridgehead atoms. The number of ether oxygens (including phenoxy) is 4. The first-order valence-corrected chi connectivity index (χ1v) is 12.3. The van der Waals surface area contributed by atoms with Gasteiger partial charge in [0.05, 0.1) is 30.6 Å². The van der Waals surface area contributed by atoms with Gasteiger partial charge in [0.2, 0.25) is 5.88 Å². The van der Waals surface area contributed by atoms with Gasteiger partial charge in [-0.05, 0) is 31.2 Å². The molecule has 0 spiro atoms. The highest BCUT2D eigenvalue weighted by Gasteiger charge is 2.40. The Morgan fingerprint density at radius 2 is 2.03 bits per heavy atom. The minimum Gasteiger partial charge on any atom is -0.486 e. The van der Waals surface area contributed by atoms with Crippen molar-refractivity contribution in [2.45, 2.75) is 18.6 Å². The number of aliphatic hydroxyl groups excluding tert-OH is 1. The summed E-state index contributed by atoms with van der Waals surface area (Å²) in [6, 6.07) is 8.76. The highest BCUT2D eigenvalue weighted by atomic mass is 19.1. The summed E-state index contributed by atoms with van der Waals surface area (Å²) in [6.45, 7) is 2.78. The summed E-state index contributed by atoms with van der Waals surface area (Å²) in [7, 11) is 1.47. The normalized spacial score (nSPS) is 22.4. The number of pyridine rings is 2. The number of aromatic nitrogens is 2. The molecule has 37 heavy (non-hydrogen) atoms. The third-order valence-electron chi connectivity index (χ3n) is 7.16. The Hall–Kier alpha value is -3.70. The van der Waals surface area contributed by atoms with Gasteiger partial charge in [-0.25, -0.2) is 14.2 Å². The summed E-state index contributed by atoms with van der Waals surface area (Å²) >= 11 is 0. The van der Waals surface area contributed by atoms with E-state index in [1.807, 2.05) is 11.0 Å². The van der Waals surface area contributed by atoms with E-state index in [-0.39, 0.29) is 29.6 Å². The first-order valence-electron chi connectivity index (χ1n) is 12.3. The number of carbonyl (C=O) groups excluding carboxylic acids is 1. The van der Waals surface area contributed by atoms with Gasteiger partial charge in [0.1, 0.15) is 30.7 Å². The zero-order valence-electron chi connectivity index (χ0n) is 20.3. The van der Waals surface area contributed by atoms with Crippen molar-refractivity contribution in [3.8, 4) is 17.4 Å². The van der Waals surface area contributed by atoms with Crippen LogP contribution in [0.25, 0.3) is 11.0 Å². The molecule has 194 valence electrons. The van der Waals surface area contributed by atoms with Crippen molar-refractivity contribution in [1.82, 2.24) is 14.9 Å². The molecule has 0 radical (unpaired) electrons. The quantitative estimate of drug-likeness (QED) is 0.555. The number of rotatable bonds is 5. The van der Waals surface area contributed by atoms with E-state index < -0.39 is 18.0 Å². The van der Waals surface area contributed by atoms with Crippen LogP contribution in [0.4, 0.5) is 14.9 Å². The van der Waals surface area contributed by atoms with E-state index in [1.54, 1.807) is 29.2 Å². The molecule has 11 heteroatoms. The maximum Gasteiger partial charge on any atom is 0.414 e. The molecule has 2 saturated heterocycles. The fraction of sp³-hybridized carbons (Fsp3) is 0.423. The molecular formula is C26H27FN4O6. The molecule has 1 amide bonds. The molecule has 3 atom stereocenters. The van der Waals surface area contributed by atoms with Crippen molar-refractivity contribution in [1.29, 1.82) is 0 Å². The van der Waals surface area contributed by atoms with E-state index >= 15 is 0 Å². The first kappa shape index (κ1) is 23.7. The average molecular weight is 511 g/mol. The summed E-state index contributed by atoms with van der Waals surface area (Å²) in [5, 5.41) is 11.0. The predicted octanol–water partition coefficient (Wildman–Crippen LogP) is 2.93. The van der Waals surface area contributed by atoms with Crippen LogP contribution in [0.5, 0.6) is 17.4 Å². The topological polar surface area (TPSA) is 106 Å². The van der Waals surface area contributed by atoms with Gasteiger partial charge in [-0.2, -0.15) is 0 Å². The van der Waals surface area contributed by atoms with Gasteiger partial charge in [-0.1, -0.05) is 0 Å². The minimum absolute atomic E-state index is 0.0800. The van der Waals surface area contributed by atoms with E-state index in [0.717, 1.165) is 12.6 Å². The third kappa shape index (κ3) is 4.49. The number of piperidine rings is 1. The molecule has 2 fully saturated rings. The Bertz CT molecular complexity index is 1340. The number of aliphatic hydroxyl groups is 1. The van der Waals surface area contributed by atoms with Crippen LogP contribution < -0.4 is 19.1 Å². The van der Waals surface area contributed by atoms with Gasteiger partial charge in [0, 0.05) is 43.2 Å². The van der Waals surface area contributed by atoms with E-state index in [0.29, 0.717) is 61.4 Å². The predicted molar refractivity (Wildman–Crippen MR) is 131 cm³/mol. The first-order chi connectivity index (χ1) is 18.0. The smallest absolute Gasteiger partial charge is 0.414 e. The van der Waals surface area contributed by atoms with Crippen LogP contribution in [-0.2, 0) is 4.74 Å². The lowest BCUT2D eigenvalue weighted by Gasteiger charge is -2.44. The Balaban J connectivity index is 1.14. The summed E-state index contributed by atoms with van der Waals surface area (Å²) < 4.78 is 37.0. The molecule has 10 nitrogen and oxygen atoms in total. The lowest BCUT2D eigenvalue weighted by Crippen LogP contribution is -2.56. The molecule has 5 heterocycles. The van der Waals surface area contributed by atoms with E-state index in [2.05, 4.69) is 9.97 Å². The van der Waals surface area contributed by atoms with Gasteiger partial charge in [-0.15, -0.1) is 0 Å². The highest BCUT2D eigenvalue weighted by Crippen LogP contribution is 2.37. The van der Waals surface area contributed by atoms with E-state index in [9.17, 15) is 14.3 Å². The highest BCUT2D eigenvalue weighted by molar-refractivity contribution is 5.89. The number of carbonyl (C=O) groups is 1. The second-order valence-electron chi connectivity index (χ2n) is 9.43. The number of nitrogens with zero attached hydrogens (tertiary/aromatic N) is 4. The molecule has 3 aliphatic heterocycles. The number of likely N-dealkylation sites (tertiary alicyclic amines) is 1. The Labute approximate surface area is 212 Å². The van der Waals surface area contributed by atoms with E-state index in [4.69, 9.17) is 18.9 Å². The zero-order valence-corrected chi connectivity index (χ0v) is 20.3. The number of β-amino-alcohol motifs (C(OH)–C–C–N with tert-alkyl or cyclic N) is 1. The van der Waals surface area contributed by atoms with Crippen LogP contribution in [-0.4, -0.2) is 78.7 Å². The number of benzene rings is 1. The molecule has 0 aliphatic carbocycles. The third-order valence-corrected chi connectivity index (χ3v) is 7.16. The zero-order chi connectivity index (χ0) is 25.5. The second-order valence-corrected chi connectivity index (χ2v) is 9.43. The van der Waals surface area contributed by atoms with E-state index in [1.165, 1.54) is 7.11 Å². The van der Waals surface area contributed by atoms with Crippen LogP contribution in [0.15, 0.2) is 36.5 Å². The van der Waals surface area contributed by atoms with Gasteiger partial charge in [0.15, 0.2) is 11.5 Å². The minimum atomic E-state index is -1.14. The van der Waals surface area contributed by atoms with Crippen LogP contribution in [0.3, 0.4) is 0 Å². The lowest BCUT2D eigenvalue weighted by molar-refractivity contribution is -0.0188. The number of anilines is 1. The van der Waals surface area contributed by atoms with Gasteiger partial charge in [0.25, 0.3) is 0 Å². The molecule has 0 unspecified atom stereocenters. The maximum absolute atomic E-state index is 14.8. The molecule has 6 rings (SSSR count). The van der Waals surface area contributed by atoms with Crippen LogP contribution in [0.2, 0.25) is 0 Å². The van der Waals surface area contributed by atoms with Crippen molar-refractivity contribution >= 4 is 22.8 Å². The number of fused-ring (bicyclic) bond motifs is 3. The number of halogens is 1. The summed E-state index contributed by atoms with van der Waals surface area (Å²) in [5.41, 5.74) is 1.52. The number of methoxy groups -OCH3 is 1. The van der Waals surface area contributed by atoms with Crippen molar-refractivity contribution < 1.29 is 33.2 Å². The fourth-order valence-corrected chi connectivity index (χ4v) is 5.26. The standard InChI is InChI=1S/C26H27FN4O6/c1-34-23-5-3-18-25(29-23)24(17(27)11-28-18)19(32)13-30-7-6-15-12-31(26(33)37-22(15)14-30)16-2-4-20-21(10-16)36-9-8-35-20/h2-5,10-11,15,19,22,32H,6-9,12-14H2,1H3/t15-,19+,22+/m0/s1. The molecule has 0 saturated carbocycles. The maximum atomic E-state index is 14.8. The average Bonchev–Trinajstić information content (AvgIpc) is 2.91. The van der Waals surface area contributed by atoms with Crippen LogP contribution >= 0.6 is 0 Å². The van der Waals surface area contributed by atoms with Crippen molar-refractivity contribution in [3.05, 3.63) is 47.9 Å². The second kappa shape index (κ2) is 9.64. The fourth-order valence-electron chi connectivity index (χ4n) is 5.26. The van der Waals surface area contributed by atoms with Gasteiger partial charge < -0.3 is 24.1 Å². The largest absolute Gasteiger partial charge is 0.486 e. The molecule has 1 aromatic carbocycles. The van der Waals surface area contributed by atoms with Crippen LogP contribution in [0, 0.1) is 11.7 Å². The molecule has 3 aromatic rings. The molecule has 1 N–H and O–H groups in total. The Morgan fingerprint density at radius 1 is 1.19 bits per heavy atom. The Morgan fingerprint density at radius 3 is 2.86 bits per heavy atom. The molecule has 3 aliphatic rings. The van der Waals surface area contributed by atoms with Crippen molar-refractivity contribution in [2.75, 3.05) is 51.4 Å². The monoisotopic (exact) mass is 510 g/mol.